The number of benzene rings is 1. The molecule has 0 heterocycles. The summed E-state index contributed by atoms with van der Waals surface area (Å²) < 4.78 is 23.3. The summed E-state index contributed by atoms with van der Waals surface area (Å²) in [4.78, 5) is 0. The zero-order valence-electron chi connectivity index (χ0n) is 7.34. The van der Waals surface area contributed by atoms with E-state index < -0.39 is 10.0 Å². The van der Waals surface area contributed by atoms with Crippen molar-refractivity contribution in [3.05, 3.63) is 35.9 Å². The van der Waals surface area contributed by atoms with Crippen molar-refractivity contribution in [2.24, 2.45) is 5.84 Å². The van der Waals surface area contributed by atoms with Gasteiger partial charge in [0.05, 0.1) is 5.75 Å². The number of nitrogens with zero attached hydrogens (tertiary/aromatic N) is 1. The van der Waals surface area contributed by atoms with Gasteiger partial charge in [-0.25, -0.2) is 8.42 Å². The van der Waals surface area contributed by atoms with Crippen LogP contribution in [0.3, 0.4) is 0 Å². The van der Waals surface area contributed by atoms with Crippen molar-refractivity contribution in [3.63, 3.8) is 0 Å². The van der Waals surface area contributed by atoms with Crippen LogP contribution in [0.1, 0.15) is 5.56 Å². The van der Waals surface area contributed by atoms with Crippen molar-refractivity contribution in [2.45, 2.75) is 5.75 Å². The molecular formula is C8H12N2O2S. The number of sulfonamides is 1. The van der Waals surface area contributed by atoms with E-state index in [1.165, 1.54) is 7.05 Å². The molecule has 0 atom stereocenters. The van der Waals surface area contributed by atoms with Crippen LogP contribution in [0.4, 0.5) is 0 Å². The summed E-state index contributed by atoms with van der Waals surface area (Å²) in [5, 5.41) is 0. The molecule has 1 rings (SSSR count). The van der Waals surface area contributed by atoms with Gasteiger partial charge in [0.1, 0.15) is 0 Å². The predicted molar refractivity (Wildman–Crippen MR) is 51.0 cm³/mol. The fourth-order valence-corrected chi connectivity index (χ4v) is 1.70. The van der Waals surface area contributed by atoms with Crippen LogP contribution in [-0.4, -0.2) is 19.9 Å². The minimum atomic E-state index is -3.34. The molecule has 0 spiro atoms. The molecule has 0 saturated heterocycles. The molecule has 4 nitrogen and oxygen atoms in total. The van der Waals surface area contributed by atoms with Gasteiger partial charge >= 0.3 is 0 Å². The molecule has 0 amide bonds. The van der Waals surface area contributed by atoms with E-state index in [2.05, 4.69) is 0 Å². The molecule has 0 aromatic heterocycles. The zero-order valence-corrected chi connectivity index (χ0v) is 8.16. The number of hydrogen-bond acceptors (Lipinski definition) is 3. The van der Waals surface area contributed by atoms with Gasteiger partial charge < -0.3 is 0 Å². The normalized spacial score (nSPS) is 11.9. The van der Waals surface area contributed by atoms with E-state index in [0.717, 1.165) is 9.98 Å². The number of rotatable bonds is 3. The highest BCUT2D eigenvalue weighted by Crippen LogP contribution is 2.05. The smallest absolute Gasteiger partial charge is 0.230 e. The maximum atomic E-state index is 11.3. The summed E-state index contributed by atoms with van der Waals surface area (Å²) in [6.07, 6.45) is 0. The van der Waals surface area contributed by atoms with E-state index >= 15 is 0 Å². The Bertz CT molecular complexity index is 359. The molecule has 0 aliphatic heterocycles. The van der Waals surface area contributed by atoms with Crippen LogP contribution in [0.2, 0.25) is 0 Å². The topological polar surface area (TPSA) is 63.4 Å². The summed E-state index contributed by atoms with van der Waals surface area (Å²) in [5.74, 6) is 5.11. The molecule has 0 unspecified atom stereocenters. The van der Waals surface area contributed by atoms with Crippen molar-refractivity contribution >= 4 is 10.0 Å². The molecule has 0 radical (unpaired) electrons. The first-order chi connectivity index (χ1) is 6.02. The lowest BCUT2D eigenvalue weighted by molar-refractivity contribution is 0.485. The van der Waals surface area contributed by atoms with Crippen LogP contribution >= 0.6 is 0 Å². The van der Waals surface area contributed by atoms with E-state index in [1.54, 1.807) is 24.3 Å². The Labute approximate surface area is 78.0 Å². The second-order valence-electron chi connectivity index (χ2n) is 2.76. The average Bonchev–Trinajstić information content (AvgIpc) is 2.05. The van der Waals surface area contributed by atoms with Gasteiger partial charge in [-0.3, -0.25) is 5.84 Å². The maximum absolute atomic E-state index is 11.3. The van der Waals surface area contributed by atoms with Gasteiger partial charge in [0.25, 0.3) is 0 Å². The average molecular weight is 200 g/mol. The van der Waals surface area contributed by atoms with Crippen molar-refractivity contribution < 1.29 is 8.42 Å². The van der Waals surface area contributed by atoms with Crippen LogP contribution in [-0.2, 0) is 15.8 Å². The van der Waals surface area contributed by atoms with Gasteiger partial charge in [-0.15, -0.1) is 4.41 Å². The van der Waals surface area contributed by atoms with Crippen molar-refractivity contribution in [1.82, 2.24) is 4.41 Å². The van der Waals surface area contributed by atoms with Crippen molar-refractivity contribution in [2.75, 3.05) is 7.05 Å². The fraction of sp³-hybridized carbons (Fsp3) is 0.250. The molecule has 2 N–H and O–H groups in total. The van der Waals surface area contributed by atoms with Crippen molar-refractivity contribution in [3.8, 4) is 0 Å². The Hall–Kier alpha value is -0.910. The van der Waals surface area contributed by atoms with E-state index in [4.69, 9.17) is 5.84 Å². The Kier molecular flexibility index (Phi) is 3.02. The Morgan fingerprint density at radius 1 is 1.31 bits per heavy atom. The molecular weight excluding hydrogens is 188 g/mol. The van der Waals surface area contributed by atoms with Crippen LogP contribution in [0.15, 0.2) is 30.3 Å². The van der Waals surface area contributed by atoms with E-state index in [-0.39, 0.29) is 5.75 Å². The highest BCUT2D eigenvalue weighted by Gasteiger charge is 2.14. The summed E-state index contributed by atoms with van der Waals surface area (Å²) in [6.45, 7) is 0. The third-order valence-corrected chi connectivity index (χ3v) is 3.21. The standard InChI is InChI=1S/C8H12N2O2S/c1-10(9)13(11,12)7-8-5-3-2-4-6-8/h2-6H,7,9H2,1H3. The first-order valence-corrected chi connectivity index (χ1v) is 5.38. The summed E-state index contributed by atoms with van der Waals surface area (Å²) >= 11 is 0. The number of hydrazine groups is 1. The first kappa shape index (κ1) is 10.2. The first-order valence-electron chi connectivity index (χ1n) is 3.77. The molecule has 5 heteroatoms. The van der Waals surface area contributed by atoms with Crippen molar-refractivity contribution in [1.29, 1.82) is 0 Å². The molecule has 1 aromatic rings. The third-order valence-electron chi connectivity index (χ3n) is 1.63. The third kappa shape index (κ3) is 2.80. The van der Waals surface area contributed by atoms with Crippen LogP contribution in [0.25, 0.3) is 0 Å². The van der Waals surface area contributed by atoms with E-state index in [0.29, 0.717) is 0 Å². The van der Waals surface area contributed by atoms with Gasteiger partial charge in [0.2, 0.25) is 10.0 Å². The molecule has 0 saturated carbocycles. The lowest BCUT2D eigenvalue weighted by atomic mass is 10.2. The summed E-state index contributed by atoms with van der Waals surface area (Å²) in [6, 6.07) is 8.92. The Morgan fingerprint density at radius 3 is 2.31 bits per heavy atom. The Balaban J connectivity index is 2.82. The largest absolute Gasteiger partial charge is 0.255 e. The zero-order chi connectivity index (χ0) is 9.90. The van der Waals surface area contributed by atoms with E-state index in [1.807, 2.05) is 6.07 Å². The molecule has 13 heavy (non-hydrogen) atoms. The lowest BCUT2D eigenvalue weighted by Gasteiger charge is -2.10. The molecule has 1 aromatic carbocycles. The minimum Gasteiger partial charge on any atom is -0.255 e. The minimum absolute atomic E-state index is 0.0547. The Morgan fingerprint density at radius 2 is 1.85 bits per heavy atom. The molecule has 0 fully saturated rings. The fourth-order valence-electron chi connectivity index (χ4n) is 0.887. The number of nitrogens with two attached hydrogens (primary N) is 1. The highest BCUT2D eigenvalue weighted by molar-refractivity contribution is 7.88. The number of hydrogen-bond donors (Lipinski definition) is 1. The monoisotopic (exact) mass is 200 g/mol. The second kappa shape index (κ2) is 3.87. The van der Waals surface area contributed by atoms with Gasteiger partial charge in [-0.2, -0.15) is 0 Å². The van der Waals surface area contributed by atoms with Gasteiger partial charge in [0, 0.05) is 7.05 Å². The molecule has 72 valence electrons. The van der Waals surface area contributed by atoms with Gasteiger partial charge in [-0.05, 0) is 5.56 Å². The molecule has 0 aliphatic carbocycles. The maximum Gasteiger partial charge on any atom is 0.230 e. The van der Waals surface area contributed by atoms with Crippen LogP contribution in [0, 0.1) is 0 Å². The highest BCUT2D eigenvalue weighted by atomic mass is 32.2. The summed E-state index contributed by atoms with van der Waals surface area (Å²) in [7, 11) is -2.02. The molecule has 0 aliphatic rings. The van der Waals surface area contributed by atoms with Gasteiger partial charge in [0.15, 0.2) is 0 Å². The summed E-state index contributed by atoms with van der Waals surface area (Å²) in [5.41, 5.74) is 0.736. The SMILES string of the molecule is CN(N)S(=O)(=O)Cc1ccccc1. The quantitative estimate of drug-likeness (QED) is 0.564. The van der Waals surface area contributed by atoms with Crippen LogP contribution in [0.5, 0.6) is 0 Å². The predicted octanol–water partition coefficient (Wildman–Crippen LogP) is 0.322. The van der Waals surface area contributed by atoms with Crippen LogP contribution < -0.4 is 5.84 Å². The lowest BCUT2D eigenvalue weighted by Crippen LogP contribution is -2.34. The second-order valence-corrected chi connectivity index (χ2v) is 4.79. The van der Waals surface area contributed by atoms with E-state index in [9.17, 15) is 8.42 Å². The molecule has 0 bridgehead atoms. The van der Waals surface area contributed by atoms with Gasteiger partial charge in [-0.1, -0.05) is 30.3 Å².